The average molecular weight is 404 g/mol. The van der Waals surface area contributed by atoms with Crippen LogP contribution in [0.4, 0.5) is 5.69 Å². The van der Waals surface area contributed by atoms with Crippen LogP contribution in [0.15, 0.2) is 72.8 Å². The van der Waals surface area contributed by atoms with E-state index in [0.717, 1.165) is 5.56 Å². The van der Waals surface area contributed by atoms with Crippen LogP contribution in [0.3, 0.4) is 0 Å². The fraction of sp³-hybridized carbons (Fsp3) is 0.130. The highest BCUT2D eigenvalue weighted by Crippen LogP contribution is 2.31. The van der Waals surface area contributed by atoms with E-state index >= 15 is 0 Å². The van der Waals surface area contributed by atoms with Gasteiger partial charge in [0, 0.05) is 29.4 Å². The van der Waals surface area contributed by atoms with Crippen molar-refractivity contribution in [2.75, 3.05) is 12.4 Å². The quantitative estimate of drug-likeness (QED) is 0.292. The first-order valence-electron chi connectivity index (χ1n) is 9.37. The van der Waals surface area contributed by atoms with Crippen LogP contribution in [-0.2, 0) is 11.3 Å². The Hall–Kier alpha value is -4.00. The maximum Gasteiger partial charge on any atom is 0.247 e. The number of amidine groups is 1. The van der Waals surface area contributed by atoms with Gasteiger partial charge >= 0.3 is 0 Å². The van der Waals surface area contributed by atoms with E-state index in [9.17, 15) is 9.90 Å². The largest absolute Gasteiger partial charge is 0.507 e. The second kappa shape index (κ2) is 9.47. The molecule has 0 unspecified atom stereocenters. The summed E-state index contributed by atoms with van der Waals surface area (Å²) < 4.78 is 5.14. The second-order valence-electron chi connectivity index (χ2n) is 6.70. The SMILES string of the molecule is COc1ccc([C@H](Nc2ccc(C(=N)N)cc2)C(=O)NCc2ccccc2)c(O)c1. The number of benzene rings is 3. The van der Waals surface area contributed by atoms with E-state index in [-0.39, 0.29) is 17.5 Å². The third-order valence-electron chi connectivity index (χ3n) is 4.63. The van der Waals surface area contributed by atoms with Gasteiger partial charge in [-0.05, 0) is 42.0 Å². The predicted molar refractivity (Wildman–Crippen MR) is 117 cm³/mol. The number of phenols is 1. The van der Waals surface area contributed by atoms with E-state index in [1.54, 1.807) is 36.4 Å². The highest BCUT2D eigenvalue weighted by atomic mass is 16.5. The molecule has 3 aromatic carbocycles. The number of rotatable bonds is 8. The molecule has 0 fully saturated rings. The molecule has 7 heteroatoms. The third-order valence-corrected chi connectivity index (χ3v) is 4.63. The Balaban J connectivity index is 1.85. The molecule has 0 aliphatic rings. The molecular formula is C23H24N4O3. The molecule has 0 saturated heterocycles. The van der Waals surface area contributed by atoms with E-state index in [2.05, 4.69) is 10.6 Å². The summed E-state index contributed by atoms with van der Waals surface area (Å²) >= 11 is 0. The van der Waals surface area contributed by atoms with Crippen LogP contribution in [0.2, 0.25) is 0 Å². The maximum absolute atomic E-state index is 13.0. The summed E-state index contributed by atoms with van der Waals surface area (Å²) in [5.74, 6) is 0.106. The number of anilines is 1. The highest BCUT2D eigenvalue weighted by molar-refractivity contribution is 5.95. The molecular weight excluding hydrogens is 380 g/mol. The average Bonchev–Trinajstić information content (AvgIpc) is 2.77. The maximum atomic E-state index is 13.0. The summed E-state index contributed by atoms with van der Waals surface area (Å²) in [6.07, 6.45) is 0. The van der Waals surface area contributed by atoms with E-state index in [4.69, 9.17) is 15.9 Å². The molecule has 3 aromatic rings. The van der Waals surface area contributed by atoms with E-state index in [1.165, 1.54) is 13.2 Å². The number of nitrogens with two attached hydrogens (primary N) is 1. The van der Waals surface area contributed by atoms with Gasteiger partial charge in [0.2, 0.25) is 5.91 Å². The smallest absolute Gasteiger partial charge is 0.247 e. The Morgan fingerprint density at radius 3 is 2.40 bits per heavy atom. The number of hydrogen-bond acceptors (Lipinski definition) is 5. The van der Waals surface area contributed by atoms with Crippen LogP contribution in [0.25, 0.3) is 0 Å². The van der Waals surface area contributed by atoms with Crippen LogP contribution in [0.1, 0.15) is 22.7 Å². The lowest BCUT2D eigenvalue weighted by Gasteiger charge is -2.21. The molecule has 0 aliphatic heterocycles. The van der Waals surface area contributed by atoms with Crippen molar-refractivity contribution in [1.29, 1.82) is 5.41 Å². The van der Waals surface area contributed by atoms with Crippen molar-refractivity contribution in [3.8, 4) is 11.5 Å². The summed E-state index contributed by atoms with van der Waals surface area (Å²) in [4.78, 5) is 13.0. The number of amides is 1. The van der Waals surface area contributed by atoms with Crippen LogP contribution in [-0.4, -0.2) is 24.0 Å². The number of ether oxygens (including phenoxy) is 1. The number of methoxy groups -OCH3 is 1. The molecule has 0 bridgehead atoms. The highest BCUT2D eigenvalue weighted by Gasteiger charge is 2.24. The van der Waals surface area contributed by atoms with E-state index in [1.807, 2.05) is 30.3 Å². The number of aromatic hydroxyl groups is 1. The van der Waals surface area contributed by atoms with Gasteiger partial charge in [0.25, 0.3) is 0 Å². The minimum Gasteiger partial charge on any atom is -0.507 e. The van der Waals surface area contributed by atoms with Crippen LogP contribution in [0, 0.1) is 5.41 Å². The second-order valence-corrected chi connectivity index (χ2v) is 6.70. The topological polar surface area (TPSA) is 120 Å². The zero-order valence-corrected chi connectivity index (χ0v) is 16.6. The van der Waals surface area contributed by atoms with E-state index in [0.29, 0.717) is 29.1 Å². The van der Waals surface area contributed by atoms with Gasteiger partial charge in [0.05, 0.1) is 7.11 Å². The molecule has 0 radical (unpaired) electrons. The van der Waals surface area contributed by atoms with Gasteiger partial charge in [0.15, 0.2) is 0 Å². The van der Waals surface area contributed by atoms with Gasteiger partial charge in [-0.15, -0.1) is 0 Å². The minimum atomic E-state index is -0.845. The first-order valence-corrected chi connectivity index (χ1v) is 9.37. The van der Waals surface area contributed by atoms with Gasteiger partial charge in [-0.2, -0.15) is 0 Å². The van der Waals surface area contributed by atoms with Crippen molar-refractivity contribution < 1.29 is 14.6 Å². The minimum absolute atomic E-state index is 0.0356. The Morgan fingerprint density at radius 1 is 1.10 bits per heavy atom. The lowest BCUT2D eigenvalue weighted by atomic mass is 10.0. The Bertz CT molecular complexity index is 1020. The van der Waals surface area contributed by atoms with Crippen LogP contribution in [0.5, 0.6) is 11.5 Å². The molecule has 7 nitrogen and oxygen atoms in total. The van der Waals surface area contributed by atoms with Gasteiger partial charge in [-0.3, -0.25) is 10.2 Å². The number of nitrogen functional groups attached to an aromatic ring is 1. The summed E-state index contributed by atoms with van der Waals surface area (Å²) in [6.45, 7) is 0.359. The molecule has 30 heavy (non-hydrogen) atoms. The first kappa shape index (κ1) is 20.7. The van der Waals surface area contributed by atoms with E-state index < -0.39 is 6.04 Å². The zero-order chi connectivity index (χ0) is 21.5. The molecule has 0 aliphatic carbocycles. The summed E-state index contributed by atoms with van der Waals surface area (Å²) in [5.41, 5.74) is 8.11. The summed E-state index contributed by atoms with van der Waals surface area (Å²) in [6, 6.07) is 20.4. The fourth-order valence-electron chi connectivity index (χ4n) is 2.98. The van der Waals surface area contributed by atoms with Crippen LogP contribution >= 0.6 is 0 Å². The Morgan fingerprint density at radius 2 is 1.80 bits per heavy atom. The number of nitrogens with one attached hydrogen (secondary N) is 3. The van der Waals surface area contributed by atoms with Crippen molar-refractivity contribution in [3.63, 3.8) is 0 Å². The Kier molecular flexibility index (Phi) is 6.54. The number of phenolic OH excluding ortho intramolecular Hbond substituents is 1. The third kappa shape index (κ3) is 5.08. The Labute approximate surface area is 175 Å². The van der Waals surface area contributed by atoms with Crippen molar-refractivity contribution in [2.45, 2.75) is 12.6 Å². The number of carbonyl (C=O) groups is 1. The molecule has 0 heterocycles. The predicted octanol–water partition coefficient (Wildman–Crippen LogP) is 3.15. The standard InChI is InChI=1S/C23H24N4O3/c1-30-18-11-12-19(20(28)13-18)21(23(29)26-14-15-5-3-2-4-6-15)27-17-9-7-16(8-10-17)22(24)25/h2-13,21,27-28H,14H2,1H3,(H3,24,25)(H,26,29)/t21-/m0/s1. The van der Waals surface area contributed by atoms with Gasteiger partial charge in [-0.25, -0.2) is 0 Å². The monoisotopic (exact) mass is 404 g/mol. The summed E-state index contributed by atoms with van der Waals surface area (Å²) in [7, 11) is 1.51. The molecule has 0 aromatic heterocycles. The van der Waals surface area contributed by atoms with Crippen molar-refractivity contribution >= 4 is 17.4 Å². The lowest BCUT2D eigenvalue weighted by Crippen LogP contribution is -2.33. The zero-order valence-electron chi connectivity index (χ0n) is 16.6. The summed E-state index contributed by atoms with van der Waals surface area (Å²) in [5, 5.41) is 24.0. The van der Waals surface area contributed by atoms with Gasteiger partial charge in [-0.1, -0.05) is 30.3 Å². The van der Waals surface area contributed by atoms with Crippen LogP contribution < -0.4 is 21.1 Å². The molecule has 3 rings (SSSR count). The molecule has 0 spiro atoms. The molecule has 0 saturated carbocycles. The van der Waals surface area contributed by atoms with Crippen molar-refractivity contribution in [2.24, 2.45) is 5.73 Å². The normalized spacial score (nSPS) is 11.4. The fourth-order valence-corrected chi connectivity index (χ4v) is 2.98. The first-order chi connectivity index (χ1) is 14.5. The number of hydrogen-bond donors (Lipinski definition) is 5. The van der Waals surface area contributed by atoms with Gasteiger partial charge in [0.1, 0.15) is 23.4 Å². The van der Waals surface area contributed by atoms with Crippen molar-refractivity contribution in [3.05, 3.63) is 89.5 Å². The molecule has 6 N–H and O–H groups in total. The number of carbonyl (C=O) groups excluding carboxylic acids is 1. The molecule has 1 amide bonds. The molecule has 1 atom stereocenters. The lowest BCUT2D eigenvalue weighted by molar-refractivity contribution is -0.122. The van der Waals surface area contributed by atoms with Gasteiger partial charge < -0.3 is 26.2 Å². The molecule has 154 valence electrons. The van der Waals surface area contributed by atoms with Crippen molar-refractivity contribution in [1.82, 2.24) is 5.32 Å².